The summed E-state index contributed by atoms with van der Waals surface area (Å²) in [7, 11) is 0. The Hall–Kier alpha value is -3.80. The van der Waals surface area contributed by atoms with Gasteiger partial charge in [0.05, 0.1) is 35.3 Å². The Balaban J connectivity index is 1.73. The summed E-state index contributed by atoms with van der Waals surface area (Å²) in [6.45, 7) is 2.04. The van der Waals surface area contributed by atoms with E-state index in [2.05, 4.69) is 5.10 Å². The van der Waals surface area contributed by atoms with Crippen LogP contribution in [-0.4, -0.2) is 44.0 Å². The third-order valence-corrected chi connectivity index (χ3v) is 7.61. The molecule has 0 aliphatic heterocycles. The average Bonchev–Trinajstić information content (AvgIpc) is 3.33. The predicted molar refractivity (Wildman–Crippen MR) is 142 cm³/mol. The molecule has 7 nitrogen and oxygen atoms in total. The van der Waals surface area contributed by atoms with Crippen LogP contribution in [0.5, 0.6) is 0 Å². The number of halogens is 6. The van der Waals surface area contributed by atoms with Gasteiger partial charge in [0.25, 0.3) is 5.91 Å². The van der Waals surface area contributed by atoms with E-state index in [1.165, 1.54) is 6.07 Å². The Labute approximate surface area is 242 Å². The number of alkyl halides is 3. The smallest absolute Gasteiger partial charge is 0.433 e. The van der Waals surface area contributed by atoms with E-state index in [9.17, 15) is 41.4 Å². The highest BCUT2D eigenvalue weighted by Crippen LogP contribution is 2.39. The maximum Gasteiger partial charge on any atom is 0.433 e. The molecule has 13 heteroatoms. The van der Waals surface area contributed by atoms with Crippen molar-refractivity contribution >= 4 is 29.3 Å². The minimum absolute atomic E-state index is 0.0624. The number of rotatable bonds is 8. The number of carboxylic acids is 1. The Morgan fingerprint density at radius 2 is 1.64 bits per heavy atom. The van der Waals surface area contributed by atoms with Crippen LogP contribution >= 0.6 is 11.6 Å². The molecule has 1 heterocycles. The van der Waals surface area contributed by atoms with E-state index in [1.54, 1.807) is 19.9 Å². The van der Waals surface area contributed by atoms with Crippen molar-refractivity contribution in [1.82, 2.24) is 14.7 Å². The lowest BCUT2D eigenvalue weighted by Crippen LogP contribution is -2.37. The van der Waals surface area contributed by atoms with Crippen molar-refractivity contribution in [2.45, 2.75) is 58.3 Å². The first-order chi connectivity index (χ1) is 19.6. The van der Waals surface area contributed by atoms with Gasteiger partial charge in [-0.1, -0.05) is 17.7 Å². The largest absolute Gasteiger partial charge is 0.481 e. The molecule has 1 aliphatic rings. The lowest BCUT2D eigenvalue weighted by Gasteiger charge is -2.28. The molecule has 1 fully saturated rings. The molecular formula is C29H27ClF5N3O4. The molecule has 4 rings (SSSR count). The number of aryl methyl sites for hydroxylation is 2. The fraction of sp³-hybridized carbons (Fsp3) is 0.379. The monoisotopic (exact) mass is 611 g/mol. The average molecular weight is 612 g/mol. The summed E-state index contributed by atoms with van der Waals surface area (Å²) in [5.74, 6) is -5.57. The van der Waals surface area contributed by atoms with Gasteiger partial charge in [-0.2, -0.15) is 18.3 Å². The van der Waals surface area contributed by atoms with Gasteiger partial charge in [-0.15, -0.1) is 0 Å². The molecule has 2 aromatic carbocycles. The van der Waals surface area contributed by atoms with Gasteiger partial charge in [0, 0.05) is 18.2 Å². The van der Waals surface area contributed by atoms with Crippen LogP contribution in [0, 0.1) is 31.4 Å². The lowest BCUT2D eigenvalue weighted by atomic mass is 9.86. The summed E-state index contributed by atoms with van der Waals surface area (Å²) in [5, 5.41) is 13.2. The Morgan fingerprint density at radius 1 is 1.02 bits per heavy atom. The maximum absolute atomic E-state index is 14.4. The number of benzene rings is 2. The zero-order valence-electron chi connectivity index (χ0n) is 22.6. The van der Waals surface area contributed by atoms with E-state index in [1.807, 2.05) is 0 Å². The molecule has 1 amide bonds. The zero-order chi connectivity index (χ0) is 30.9. The Bertz CT molecular complexity index is 1490. The molecule has 1 N–H and O–H groups in total. The van der Waals surface area contributed by atoms with Crippen molar-refractivity contribution in [3.8, 4) is 0 Å². The summed E-state index contributed by atoms with van der Waals surface area (Å²) in [4.78, 5) is 39.2. The van der Waals surface area contributed by atoms with E-state index in [-0.39, 0.29) is 41.8 Å². The molecule has 42 heavy (non-hydrogen) atoms. The van der Waals surface area contributed by atoms with Gasteiger partial charge in [0.15, 0.2) is 11.5 Å². The third kappa shape index (κ3) is 6.80. The summed E-state index contributed by atoms with van der Waals surface area (Å²) in [6, 6.07) is 4.82. The van der Waals surface area contributed by atoms with Crippen molar-refractivity contribution in [2.24, 2.45) is 5.92 Å². The molecule has 0 unspecified atom stereocenters. The number of carbonyl (C=O) groups excluding carboxylic acids is 2. The zero-order valence-corrected chi connectivity index (χ0v) is 23.4. The highest BCUT2D eigenvalue weighted by atomic mass is 35.5. The molecule has 0 saturated heterocycles. The molecule has 0 spiro atoms. The quantitative estimate of drug-likeness (QED) is 0.224. The molecule has 0 atom stereocenters. The van der Waals surface area contributed by atoms with Crippen LogP contribution in [0.3, 0.4) is 0 Å². The topological polar surface area (TPSA) is 92.5 Å². The fourth-order valence-corrected chi connectivity index (χ4v) is 5.89. The van der Waals surface area contributed by atoms with Crippen LogP contribution in [-0.2, 0) is 17.5 Å². The number of ketones is 1. The van der Waals surface area contributed by atoms with Crippen LogP contribution in [0.2, 0.25) is 5.02 Å². The normalized spacial score (nSPS) is 17.2. The summed E-state index contributed by atoms with van der Waals surface area (Å²) in [6.07, 6.45) is -3.80. The van der Waals surface area contributed by atoms with Gasteiger partial charge < -0.3 is 10.0 Å². The third-order valence-electron chi connectivity index (χ3n) is 7.31. The van der Waals surface area contributed by atoms with Gasteiger partial charge in [0.1, 0.15) is 11.6 Å². The molecule has 1 aliphatic carbocycles. The van der Waals surface area contributed by atoms with Crippen LogP contribution in [0.25, 0.3) is 0 Å². The van der Waals surface area contributed by atoms with Crippen LogP contribution < -0.4 is 0 Å². The number of amides is 1. The summed E-state index contributed by atoms with van der Waals surface area (Å²) in [5.41, 5.74) is -0.981. The Kier molecular flexibility index (Phi) is 9.05. The fourth-order valence-electron chi connectivity index (χ4n) is 5.46. The van der Waals surface area contributed by atoms with Gasteiger partial charge in [-0.25, -0.2) is 8.78 Å². The molecule has 224 valence electrons. The van der Waals surface area contributed by atoms with Crippen molar-refractivity contribution in [2.75, 3.05) is 6.54 Å². The number of hydrogen-bond acceptors (Lipinski definition) is 4. The van der Waals surface area contributed by atoms with Crippen LogP contribution in [0.4, 0.5) is 22.0 Å². The van der Waals surface area contributed by atoms with Crippen LogP contribution in [0.1, 0.15) is 74.8 Å². The number of carboxylic acid groups (broad SMARTS) is 1. The van der Waals surface area contributed by atoms with Crippen LogP contribution in [0.15, 0.2) is 36.5 Å². The number of aliphatic carboxylic acids is 1. The SMILES string of the molecule is Cc1cc(C)c(C(=O)CN(Cc2cc(F)cc(F)c2)C(=O)c2cnn(C3CCC(C(=O)O)CC3)c2C(F)(F)F)c(Cl)c1. The van der Waals surface area contributed by atoms with Gasteiger partial charge in [-0.05, 0) is 74.4 Å². The predicted octanol–water partition coefficient (Wildman–Crippen LogP) is 6.79. The first-order valence-corrected chi connectivity index (χ1v) is 13.4. The summed E-state index contributed by atoms with van der Waals surface area (Å²) < 4.78 is 71.9. The molecule has 3 aromatic rings. The van der Waals surface area contributed by atoms with E-state index in [4.69, 9.17) is 11.6 Å². The highest BCUT2D eigenvalue weighted by Gasteiger charge is 2.43. The van der Waals surface area contributed by atoms with Gasteiger partial charge in [0.2, 0.25) is 0 Å². The van der Waals surface area contributed by atoms with Crippen molar-refractivity contribution < 1.29 is 41.4 Å². The molecular weight excluding hydrogens is 585 g/mol. The number of hydrogen-bond donors (Lipinski definition) is 1. The molecule has 1 aromatic heterocycles. The maximum atomic E-state index is 14.4. The van der Waals surface area contributed by atoms with Crippen molar-refractivity contribution in [3.63, 3.8) is 0 Å². The molecule has 0 bridgehead atoms. The second-order valence-electron chi connectivity index (χ2n) is 10.5. The van der Waals surface area contributed by atoms with Gasteiger partial charge in [-0.3, -0.25) is 19.1 Å². The van der Waals surface area contributed by atoms with E-state index < -0.39 is 71.8 Å². The minimum Gasteiger partial charge on any atom is -0.481 e. The minimum atomic E-state index is -5.04. The number of nitrogens with zero attached hydrogens (tertiary/aromatic N) is 3. The summed E-state index contributed by atoms with van der Waals surface area (Å²) >= 11 is 6.29. The highest BCUT2D eigenvalue weighted by molar-refractivity contribution is 6.34. The van der Waals surface area contributed by atoms with E-state index >= 15 is 0 Å². The molecule has 0 radical (unpaired) electrons. The first-order valence-electron chi connectivity index (χ1n) is 13.1. The standard InChI is InChI=1S/C29H27ClF5N3O4/c1-15-7-16(2)25(23(30)8-15)24(39)14-37(13-17-9-19(31)11-20(32)10-17)27(40)22-12-36-38(26(22)29(33,34)35)21-5-3-18(4-6-21)28(41)42/h7-12,18,21H,3-6,13-14H2,1-2H3,(H,41,42). The lowest BCUT2D eigenvalue weighted by molar-refractivity contribution is -0.147. The number of Topliss-reactive ketones (excluding diaryl/α,β-unsaturated/α-hetero) is 1. The number of carbonyl (C=O) groups is 3. The second kappa shape index (κ2) is 12.2. The van der Waals surface area contributed by atoms with Crippen molar-refractivity contribution in [1.29, 1.82) is 0 Å². The first kappa shape index (κ1) is 31.1. The van der Waals surface area contributed by atoms with Crippen molar-refractivity contribution in [3.05, 3.63) is 86.7 Å². The second-order valence-corrected chi connectivity index (χ2v) is 10.9. The van der Waals surface area contributed by atoms with Gasteiger partial charge >= 0.3 is 12.1 Å². The van der Waals surface area contributed by atoms with E-state index in [0.29, 0.717) is 16.3 Å². The van der Waals surface area contributed by atoms with E-state index in [0.717, 1.165) is 28.8 Å². The number of aromatic nitrogens is 2. The Morgan fingerprint density at radius 3 is 2.19 bits per heavy atom. The molecule has 1 saturated carbocycles.